The molecule has 3 aliphatic rings. The third-order valence-electron chi connectivity index (χ3n) is 10.5. The van der Waals surface area contributed by atoms with Gasteiger partial charge in [-0.25, -0.2) is 4.58 Å². The van der Waals surface area contributed by atoms with Crippen molar-refractivity contribution in [2.75, 3.05) is 110 Å². The number of halogens is 1. The Labute approximate surface area is 358 Å². The molecule has 0 bridgehead atoms. The number of azide groups is 1. The molecule has 2 amide bonds. The van der Waals surface area contributed by atoms with Crippen molar-refractivity contribution in [2.45, 2.75) is 40.5 Å². The quantitative estimate of drug-likeness (QED) is 0.0147. The predicted octanol–water partition coefficient (Wildman–Crippen LogP) is 5.47. The summed E-state index contributed by atoms with van der Waals surface area (Å²) in [6.07, 6.45) is 0.0795. The molecule has 1 saturated heterocycles. The van der Waals surface area contributed by atoms with Gasteiger partial charge in [0.2, 0.25) is 11.3 Å². The summed E-state index contributed by atoms with van der Waals surface area (Å²) in [6, 6.07) is 20.4. The number of nitrogens with zero attached hydrogens (tertiary/aromatic N) is 8. The number of benzene rings is 3. The third-order valence-corrected chi connectivity index (χ3v) is 10.5. The zero-order valence-corrected chi connectivity index (χ0v) is 36.2. The van der Waals surface area contributed by atoms with Gasteiger partial charge in [-0.2, -0.15) is 0 Å². The first kappa shape index (κ1) is 47.5. The maximum Gasteiger partial charge on any atom is 0.254 e. The molecule has 2 heterocycles. The Bertz CT molecular complexity index is 2120. The molecule has 2 aliphatic heterocycles. The highest BCUT2D eigenvalue weighted by Gasteiger charge is 2.28. The Morgan fingerprint density at radius 3 is 2.13 bits per heavy atom. The van der Waals surface area contributed by atoms with Gasteiger partial charge in [0.15, 0.2) is 0 Å². The summed E-state index contributed by atoms with van der Waals surface area (Å²) < 4.78 is 25.1. The fourth-order valence-corrected chi connectivity index (χ4v) is 7.32. The molecule has 0 aromatic heterocycles. The van der Waals surface area contributed by atoms with E-state index in [-0.39, 0.29) is 62.7 Å². The standard InChI is InChI=1S/C44H58N8O7.ClH/c1-5-49(6-2)33-13-15-37-39(31-33)59-40-32-34(50(7-3)8-4)14-16-38(40)43(37)35-11-9-10-12-36(35)44(55)52-23-21-51(22-24-52)42(54)18-17-41(53)46-19-25-56-27-29-58-30-28-57-26-20-47-48-45;/h9-16,31-32H,5-8,17-30H2,1-4H3;1H. The maximum atomic E-state index is 14.4. The van der Waals surface area contributed by atoms with Gasteiger partial charge in [0.05, 0.1) is 52.3 Å². The van der Waals surface area contributed by atoms with Crippen LogP contribution in [0.1, 0.15) is 50.9 Å². The van der Waals surface area contributed by atoms with Gasteiger partial charge in [0.1, 0.15) is 24.4 Å². The molecule has 0 N–H and O–H groups in total. The highest BCUT2D eigenvalue weighted by atomic mass is 35.5. The smallest absolute Gasteiger partial charge is 0.254 e. The molecule has 2 aromatic carbocycles. The van der Waals surface area contributed by atoms with E-state index in [9.17, 15) is 14.7 Å². The second-order valence-electron chi connectivity index (χ2n) is 14.0. The van der Waals surface area contributed by atoms with Crippen LogP contribution in [0.2, 0.25) is 0 Å². The number of fused-ring (bicyclic) bond motifs is 2. The Hall–Kier alpha value is -5.18. The van der Waals surface area contributed by atoms with E-state index in [1.165, 1.54) is 0 Å². The second-order valence-corrected chi connectivity index (χ2v) is 14.0. The highest BCUT2D eigenvalue weighted by molar-refractivity contribution is 6.09. The van der Waals surface area contributed by atoms with Crippen molar-refractivity contribution < 1.29 is 33.3 Å². The van der Waals surface area contributed by atoms with E-state index < -0.39 is 0 Å². The van der Waals surface area contributed by atoms with Crippen LogP contribution in [0.15, 0.2) is 75.2 Å². The predicted molar refractivity (Wildman–Crippen MR) is 236 cm³/mol. The highest BCUT2D eigenvalue weighted by Crippen LogP contribution is 2.42. The number of rotatable bonds is 22. The first-order valence-corrected chi connectivity index (χ1v) is 20.8. The van der Waals surface area contributed by atoms with Crippen molar-refractivity contribution >= 4 is 46.8 Å². The summed E-state index contributed by atoms with van der Waals surface area (Å²) in [5.74, 6) is 0.188. The van der Waals surface area contributed by atoms with Gasteiger partial charge in [-0.1, -0.05) is 23.3 Å². The van der Waals surface area contributed by atoms with Gasteiger partial charge in [-0.05, 0) is 75.4 Å². The summed E-state index contributed by atoms with van der Waals surface area (Å²) in [5.41, 5.74) is 13.4. The van der Waals surface area contributed by atoms with Crippen LogP contribution in [-0.4, -0.2) is 133 Å². The topological polar surface area (TPSA) is 172 Å². The first-order valence-electron chi connectivity index (χ1n) is 20.8. The van der Waals surface area contributed by atoms with E-state index in [2.05, 4.69) is 88.6 Å². The lowest BCUT2D eigenvalue weighted by Gasteiger charge is -2.35. The van der Waals surface area contributed by atoms with E-state index in [1.807, 2.05) is 29.2 Å². The lowest BCUT2D eigenvalue weighted by Crippen LogP contribution is -2.50. The van der Waals surface area contributed by atoms with Crippen LogP contribution in [0.3, 0.4) is 0 Å². The SMILES string of the molecule is CCN(CC)c1ccc2c(-c3ccccc3C(=O)N3CCN(C(=O)CCC([O-])=NCCOCCOCCOCCN=[N+]=[N-])CC3)c3ccc(=[N+](CC)CC)cc-3oc2c1.Cl. The van der Waals surface area contributed by atoms with Gasteiger partial charge < -0.3 is 43.4 Å². The second kappa shape index (κ2) is 24.8. The number of ether oxygens (including phenoxy) is 3. The lowest BCUT2D eigenvalue weighted by atomic mass is 9.90. The van der Waals surface area contributed by atoms with E-state index in [0.717, 1.165) is 70.6 Å². The van der Waals surface area contributed by atoms with Gasteiger partial charge in [0, 0.05) is 97.0 Å². The van der Waals surface area contributed by atoms with Gasteiger partial charge in [0.25, 0.3) is 5.91 Å². The molecule has 1 fully saturated rings. The summed E-state index contributed by atoms with van der Waals surface area (Å²) in [6.45, 7) is 16.2. The molecular weight excluding hydrogens is 788 g/mol. The molecule has 0 unspecified atom stereocenters. The van der Waals surface area contributed by atoms with Crippen LogP contribution in [0.5, 0.6) is 0 Å². The first-order chi connectivity index (χ1) is 28.8. The fraction of sp³-hybridized carbons (Fsp3) is 0.500. The molecule has 0 radical (unpaired) electrons. The number of carbonyl (C=O) groups excluding carboxylic acids is 2. The van der Waals surface area contributed by atoms with Crippen molar-refractivity contribution in [3.8, 4) is 22.5 Å². The minimum absolute atomic E-state index is 0. The molecule has 1 aliphatic carbocycles. The fourth-order valence-electron chi connectivity index (χ4n) is 7.32. The van der Waals surface area contributed by atoms with Gasteiger partial charge in [-0.15, -0.1) is 12.4 Å². The lowest BCUT2D eigenvalue weighted by molar-refractivity contribution is -0.219. The third kappa shape index (κ3) is 12.7. The summed E-state index contributed by atoms with van der Waals surface area (Å²) >= 11 is 0. The van der Waals surface area contributed by atoms with Crippen molar-refractivity contribution in [2.24, 2.45) is 10.1 Å². The monoisotopic (exact) mass is 846 g/mol. The Morgan fingerprint density at radius 1 is 0.817 bits per heavy atom. The minimum Gasteiger partial charge on any atom is -0.862 e. The molecular formula is C44H59ClN8O7. The van der Waals surface area contributed by atoms with Crippen LogP contribution >= 0.6 is 12.4 Å². The normalized spacial score (nSPS) is 13.0. The molecule has 324 valence electrons. The van der Waals surface area contributed by atoms with Crippen LogP contribution in [0.4, 0.5) is 5.69 Å². The van der Waals surface area contributed by atoms with E-state index in [4.69, 9.17) is 24.2 Å². The molecule has 15 nitrogen and oxygen atoms in total. The van der Waals surface area contributed by atoms with Crippen LogP contribution < -0.4 is 19.9 Å². The summed E-state index contributed by atoms with van der Waals surface area (Å²) in [4.78, 5) is 39.9. The molecule has 2 aromatic rings. The van der Waals surface area contributed by atoms with Crippen molar-refractivity contribution in [3.05, 3.63) is 82.0 Å². The maximum absolute atomic E-state index is 14.4. The van der Waals surface area contributed by atoms with Gasteiger partial charge in [-0.3, -0.25) is 9.59 Å². The summed E-state index contributed by atoms with van der Waals surface area (Å²) in [5, 5.41) is 17.8. The molecule has 16 heteroatoms. The average Bonchev–Trinajstić information content (AvgIpc) is 3.26. The largest absolute Gasteiger partial charge is 0.862 e. The molecule has 0 atom stereocenters. The summed E-state index contributed by atoms with van der Waals surface area (Å²) in [7, 11) is 0. The number of carbonyl (C=O) groups is 2. The van der Waals surface area contributed by atoms with Crippen molar-refractivity contribution in [1.29, 1.82) is 0 Å². The number of hydrogen-bond donors (Lipinski definition) is 0. The molecule has 0 saturated carbocycles. The number of anilines is 1. The van der Waals surface area contributed by atoms with Gasteiger partial charge >= 0.3 is 0 Å². The van der Waals surface area contributed by atoms with Crippen LogP contribution in [0.25, 0.3) is 43.9 Å². The average molecular weight is 847 g/mol. The van der Waals surface area contributed by atoms with Crippen LogP contribution in [-0.2, 0) is 19.0 Å². The van der Waals surface area contributed by atoms with E-state index >= 15 is 0 Å². The zero-order chi connectivity index (χ0) is 42.0. The van der Waals surface area contributed by atoms with E-state index in [1.54, 1.807) is 4.90 Å². The van der Waals surface area contributed by atoms with E-state index in [0.29, 0.717) is 64.8 Å². The molecule has 0 spiro atoms. The molecule has 5 rings (SSSR count). The Balaban J connectivity index is 0.00000794. The van der Waals surface area contributed by atoms with Crippen LogP contribution in [0, 0.1) is 0 Å². The minimum atomic E-state index is -0.344. The number of hydrogen-bond acceptors (Lipinski definition) is 10. The Morgan fingerprint density at radius 2 is 1.47 bits per heavy atom. The van der Waals surface area contributed by atoms with Crippen molar-refractivity contribution in [3.63, 3.8) is 0 Å². The Kier molecular flexibility index (Phi) is 19.6. The number of amides is 2. The number of aliphatic imine (C=N–C) groups is 1. The van der Waals surface area contributed by atoms with Crippen molar-refractivity contribution in [1.82, 2.24) is 14.4 Å². The number of piperazine rings is 1. The molecule has 60 heavy (non-hydrogen) atoms. The zero-order valence-electron chi connectivity index (χ0n) is 35.3.